The van der Waals surface area contributed by atoms with Crippen LogP contribution in [0.25, 0.3) is 11.0 Å². The van der Waals surface area contributed by atoms with Gasteiger partial charge in [0.2, 0.25) is 0 Å². The third kappa shape index (κ3) is 5.75. The molecule has 8 nitrogen and oxygen atoms in total. The summed E-state index contributed by atoms with van der Waals surface area (Å²) in [5.74, 6) is 0.858. The van der Waals surface area contributed by atoms with E-state index in [-0.39, 0.29) is 17.0 Å². The summed E-state index contributed by atoms with van der Waals surface area (Å²) in [5, 5.41) is 12.6. The molecule has 0 spiro atoms. The molecule has 0 saturated heterocycles. The molecule has 10 heteroatoms. The first kappa shape index (κ1) is 25.8. The molecule has 1 fully saturated rings. The molecule has 0 unspecified atom stereocenters. The number of thioether (sulfide) groups is 1. The maximum Gasteiger partial charge on any atom is 0.285 e. The molecule has 1 N–H and O–H groups in total. The molecule has 2 aromatic heterocycles. The third-order valence-corrected chi connectivity index (χ3v) is 12.5. The van der Waals surface area contributed by atoms with Crippen molar-refractivity contribution in [1.29, 1.82) is 0 Å². The van der Waals surface area contributed by atoms with Crippen molar-refractivity contribution < 1.29 is 9.22 Å². The van der Waals surface area contributed by atoms with Gasteiger partial charge in [-0.25, -0.2) is 9.97 Å². The average molecular weight is 513 g/mol. The number of rotatable bonds is 7. The Morgan fingerprint density at radius 2 is 1.91 bits per heavy atom. The first-order valence-corrected chi connectivity index (χ1v) is 16.4. The van der Waals surface area contributed by atoms with Gasteiger partial charge in [0.25, 0.3) is 5.91 Å². The van der Waals surface area contributed by atoms with Gasteiger partial charge in [0.15, 0.2) is 13.5 Å². The minimum Gasteiger partial charge on any atom is -0.417 e. The standard InChI is InChI=1S/C25H36N6O2SSi/c1-25(2,3)35(5,6)33-16-17-11-13-18(14-12-17)27-22-19(15-26-24(28-22)34-4)23(32)31-21-10-8-7-9-20(21)29-30-31/h7-10,15,17-18H,11-14,16H2,1-6H3,(H,26,27,28). The van der Waals surface area contributed by atoms with Gasteiger partial charge in [-0.15, -0.1) is 5.10 Å². The van der Waals surface area contributed by atoms with Crippen LogP contribution in [0.2, 0.25) is 18.1 Å². The van der Waals surface area contributed by atoms with Crippen molar-refractivity contribution in [3.8, 4) is 0 Å². The smallest absolute Gasteiger partial charge is 0.285 e. The molecule has 0 amide bonds. The Labute approximate surface area is 212 Å². The lowest BCUT2D eigenvalue weighted by Gasteiger charge is -2.38. The number of nitrogens with zero attached hydrogens (tertiary/aromatic N) is 5. The topological polar surface area (TPSA) is 94.8 Å². The van der Waals surface area contributed by atoms with Crippen LogP contribution in [0.5, 0.6) is 0 Å². The fourth-order valence-electron chi connectivity index (χ4n) is 4.07. The molecule has 1 saturated carbocycles. The number of para-hydroxylation sites is 1. The molecule has 1 aliphatic carbocycles. The summed E-state index contributed by atoms with van der Waals surface area (Å²) < 4.78 is 7.81. The lowest BCUT2D eigenvalue weighted by atomic mass is 9.86. The van der Waals surface area contributed by atoms with Crippen molar-refractivity contribution in [2.45, 2.75) is 75.8 Å². The minimum atomic E-state index is -1.73. The third-order valence-electron chi connectivity index (χ3n) is 7.40. The van der Waals surface area contributed by atoms with Gasteiger partial charge in [-0.3, -0.25) is 4.79 Å². The van der Waals surface area contributed by atoms with Gasteiger partial charge in [0, 0.05) is 18.8 Å². The summed E-state index contributed by atoms with van der Waals surface area (Å²) in [6.07, 6.45) is 7.76. The van der Waals surface area contributed by atoms with Crippen molar-refractivity contribution in [3.05, 3.63) is 36.0 Å². The summed E-state index contributed by atoms with van der Waals surface area (Å²) in [6, 6.07) is 7.68. The Morgan fingerprint density at radius 3 is 2.60 bits per heavy atom. The van der Waals surface area contributed by atoms with Gasteiger partial charge in [0.1, 0.15) is 16.9 Å². The number of carbonyl (C=O) groups is 1. The number of aromatic nitrogens is 5. The largest absolute Gasteiger partial charge is 0.417 e. The first-order valence-electron chi connectivity index (χ1n) is 12.3. The van der Waals surface area contributed by atoms with Gasteiger partial charge in [-0.1, -0.05) is 49.9 Å². The molecule has 3 aromatic rings. The lowest BCUT2D eigenvalue weighted by Crippen LogP contribution is -2.42. The van der Waals surface area contributed by atoms with Gasteiger partial charge in [0.05, 0.1) is 5.52 Å². The van der Waals surface area contributed by atoms with Gasteiger partial charge < -0.3 is 9.74 Å². The number of hydrogen-bond acceptors (Lipinski definition) is 8. The minimum absolute atomic E-state index is 0.228. The van der Waals surface area contributed by atoms with E-state index in [1.165, 1.54) is 16.4 Å². The fourth-order valence-corrected chi connectivity index (χ4v) is 5.50. The predicted octanol–water partition coefficient (Wildman–Crippen LogP) is 5.62. The molecule has 0 radical (unpaired) electrons. The monoisotopic (exact) mass is 512 g/mol. The van der Waals surface area contributed by atoms with Crippen LogP contribution in [0, 0.1) is 5.92 Å². The molecule has 0 bridgehead atoms. The molecule has 1 aliphatic rings. The zero-order valence-electron chi connectivity index (χ0n) is 21.5. The van der Waals surface area contributed by atoms with Crippen LogP contribution >= 0.6 is 11.8 Å². The molecule has 2 heterocycles. The molecular formula is C25H36N6O2SSi. The van der Waals surface area contributed by atoms with E-state index >= 15 is 0 Å². The van der Waals surface area contributed by atoms with Crippen molar-refractivity contribution in [1.82, 2.24) is 25.0 Å². The highest BCUT2D eigenvalue weighted by Gasteiger charge is 2.38. The Balaban J connectivity index is 1.45. The van der Waals surface area contributed by atoms with E-state index in [0.29, 0.717) is 33.5 Å². The summed E-state index contributed by atoms with van der Waals surface area (Å²) in [7, 11) is -1.73. The summed E-state index contributed by atoms with van der Waals surface area (Å²) in [5.41, 5.74) is 1.75. The summed E-state index contributed by atoms with van der Waals surface area (Å²) in [6.45, 7) is 12.3. The summed E-state index contributed by atoms with van der Waals surface area (Å²) in [4.78, 5) is 22.4. The number of fused-ring (bicyclic) bond motifs is 1. The second-order valence-corrected chi connectivity index (χ2v) is 16.4. The molecule has 1 aromatic carbocycles. The number of hydrogen-bond donors (Lipinski definition) is 1. The van der Waals surface area contributed by atoms with E-state index in [0.717, 1.165) is 32.3 Å². The highest BCUT2D eigenvalue weighted by molar-refractivity contribution is 7.98. The Morgan fingerprint density at radius 1 is 1.20 bits per heavy atom. The first-order chi connectivity index (χ1) is 16.6. The number of anilines is 1. The second kappa shape index (κ2) is 10.4. The van der Waals surface area contributed by atoms with Gasteiger partial charge in [-0.2, -0.15) is 4.68 Å². The van der Waals surface area contributed by atoms with Crippen molar-refractivity contribution in [2.75, 3.05) is 18.2 Å². The van der Waals surface area contributed by atoms with Crippen LogP contribution in [0.4, 0.5) is 5.82 Å². The Hall–Kier alpha value is -2.30. The normalized spacial score (nSPS) is 19.1. The van der Waals surface area contributed by atoms with Crippen LogP contribution in [0.1, 0.15) is 56.8 Å². The van der Waals surface area contributed by atoms with E-state index in [2.05, 4.69) is 59.5 Å². The highest BCUT2D eigenvalue weighted by atomic mass is 32.2. The zero-order valence-corrected chi connectivity index (χ0v) is 23.4. The quantitative estimate of drug-likeness (QED) is 0.247. The highest BCUT2D eigenvalue weighted by Crippen LogP contribution is 2.38. The van der Waals surface area contributed by atoms with E-state index in [1.807, 2.05) is 30.5 Å². The fraction of sp³-hybridized carbons (Fsp3) is 0.560. The molecule has 4 rings (SSSR count). The summed E-state index contributed by atoms with van der Waals surface area (Å²) >= 11 is 1.46. The van der Waals surface area contributed by atoms with E-state index in [9.17, 15) is 4.79 Å². The molecule has 0 aliphatic heterocycles. The molecule has 188 valence electrons. The van der Waals surface area contributed by atoms with Gasteiger partial charge >= 0.3 is 0 Å². The maximum absolute atomic E-state index is 13.4. The Kier molecular flexibility index (Phi) is 7.63. The van der Waals surface area contributed by atoms with Crippen molar-refractivity contribution in [3.63, 3.8) is 0 Å². The van der Waals surface area contributed by atoms with Crippen LogP contribution in [0.15, 0.2) is 35.6 Å². The lowest BCUT2D eigenvalue weighted by molar-refractivity contribution is 0.0948. The molecule has 0 atom stereocenters. The Bertz CT molecular complexity index is 1180. The molecule has 35 heavy (non-hydrogen) atoms. The second-order valence-electron chi connectivity index (χ2n) is 10.8. The van der Waals surface area contributed by atoms with Gasteiger partial charge in [-0.05, 0) is 68.1 Å². The maximum atomic E-state index is 13.4. The number of carbonyl (C=O) groups excluding carboxylic acids is 1. The van der Waals surface area contributed by atoms with Crippen LogP contribution < -0.4 is 5.32 Å². The van der Waals surface area contributed by atoms with Crippen molar-refractivity contribution >= 4 is 42.8 Å². The van der Waals surface area contributed by atoms with Crippen LogP contribution in [-0.2, 0) is 4.43 Å². The zero-order chi connectivity index (χ0) is 25.2. The van der Waals surface area contributed by atoms with Crippen molar-refractivity contribution in [2.24, 2.45) is 5.92 Å². The van der Waals surface area contributed by atoms with Crippen LogP contribution in [-0.4, -0.2) is 58.1 Å². The average Bonchev–Trinajstić information content (AvgIpc) is 3.27. The van der Waals surface area contributed by atoms with E-state index in [1.54, 1.807) is 6.20 Å². The predicted molar refractivity (Wildman–Crippen MR) is 144 cm³/mol. The van der Waals surface area contributed by atoms with E-state index in [4.69, 9.17) is 4.43 Å². The molecular weight excluding hydrogens is 476 g/mol. The van der Waals surface area contributed by atoms with Crippen LogP contribution in [0.3, 0.4) is 0 Å². The number of nitrogens with one attached hydrogen (secondary N) is 1. The number of benzene rings is 1. The van der Waals surface area contributed by atoms with E-state index < -0.39 is 8.32 Å². The SMILES string of the molecule is CSc1ncc(C(=O)n2nnc3ccccc32)c(NC2CCC(CO[Si](C)(C)C(C)(C)C)CC2)n1.